The molecule has 1 aromatic heterocycles. The van der Waals surface area contributed by atoms with Gasteiger partial charge < -0.3 is 14.4 Å². The minimum atomic E-state index is -0.244. The van der Waals surface area contributed by atoms with Crippen molar-refractivity contribution >= 4 is 5.91 Å². The first-order valence-electron chi connectivity index (χ1n) is 8.28. The third kappa shape index (κ3) is 2.86. The number of likely N-dealkylation sites (tertiary alicyclic amines) is 1. The highest BCUT2D eigenvalue weighted by atomic mass is 16.4. The number of piperidine rings is 1. The second kappa shape index (κ2) is 6.22. The molecule has 2 aliphatic rings. The zero-order chi connectivity index (χ0) is 14.8. The van der Waals surface area contributed by atoms with Gasteiger partial charge in [-0.25, -0.2) is 0 Å². The maximum atomic E-state index is 12.8. The first-order chi connectivity index (χ1) is 10.2. The fourth-order valence-corrected chi connectivity index (χ4v) is 3.90. The molecule has 3 unspecified atom stereocenters. The SMILES string of the molecule is CCc1ccc(C(=O)N2CCCCC2C2CCCC2O)o1. The molecule has 1 N–H and O–H groups in total. The van der Waals surface area contributed by atoms with Crippen LogP contribution in [0, 0.1) is 5.92 Å². The number of aryl methyl sites for hydroxylation is 1. The number of carbonyl (C=O) groups is 1. The summed E-state index contributed by atoms with van der Waals surface area (Å²) < 4.78 is 5.63. The number of aliphatic hydroxyl groups excluding tert-OH is 1. The van der Waals surface area contributed by atoms with Gasteiger partial charge in [-0.15, -0.1) is 0 Å². The van der Waals surface area contributed by atoms with Gasteiger partial charge in [0.05, 0.1) is 6.10 Å². The molecule has 3 rings (SSSR count). The van der Waals surface area contributed by atoms with Crippen LogP contribution in [-0.2, 0) is 6.42 Å². The van der Waals surface area contributed by atoms with Gasteiger partial charge in [0.1, 0.15) is 5.76 Å². The molecule has 1 amide bonds. The summed E-state index contributed by atoms with van der Waals surface area (Å²) in [5.41, 5.74) is 0. The molecular weight excluding hydrogens is 266 g/mol. The molecule has 1 saturated heterocycles. The van der Waals surface area contributed by atoms with Crippen LogP contribution in [0.4, 0.5) is 0 Å². The largest absolute Gasteiger partial charge is 0.456 e. The highest BCUT2D eigenvalue weighted by Gasteiger charge is 2.39. The van der Waals surface area contributed by atoms with Crippen LogP contribution in [0.1, 0.15) is 61.8 Å². The maximum absolute atomic E-state index is 12.8. The standard InChI is InChI=1S/C17H25NO3/c1-2-12-9-10-16(21-12)17(20)18-11-4-3-7-14(18)13-6-5-8-15(13)19/h9-10,13-15,19H,2-8,11H2,1H3. The highest BCUT2D eigenvalue weighted by molar-refractivity contribution is 5.91. The summed E-state index contributed by atoms with van der Waals surface area (Å²) in [5, 5.41) is 10.2. The van der Waals surface area contributed by atoms with Crippen LogP contribution in [0.3, 0.4) is 0 Å². The normalized spacial score (nSPS) is 29.8. The Morgan fingerprint density at radius 3 is 2.81 bits per heavy atom. The zero-order valence-corrected chi connectivity index (χ0v) is 12.8. The topological polar surface area (TPSA) is 53.7 Å². The molecular formula is C17H25NO3. The smallest absolute Gasteiger partial charge is 0.289 e. The summed E-state index contributed by atoms with van der Waals surface area (Å²) in [6, 6.07) is 3.85. The van der Waals surface area contributed by atoms with Gasteiger partial charge in [0.25, 0.3) is 5.91 Å². The maximum Gasteiger partial charge on any atom is 0.289 e. The van der Waals surface area contributed by atoms with Crippen molar-refractivity contribution in [2.75, 3.05) is 6.54 Å². The summed E-state index contributed by atoms with van der Waals surface area (Å²) in [5.74, 6) is 1.55. The van der Waals surface area contributed by atoms with Crippen LogP contribution in [-0.4, -0.2) is 34.6 Å². The molecule has 1 saturated carbocycles. The number of carbonyl (C=O) groups excluding carboxylic acids is 1. The van der Waals surface area contributed by atoms with Crippen molar-refractivity contribution in [2.24, 2.45) is 5.92 Å². The van der Waals surface area contributed by atoms with Crippen molar-refractivity contribution in [2.45, 2.75) is 64.0 Å². The molecule has 0 radical (unpaired) electrons. The van der Waals surface area contributed by atoms with Crippen LogP contribution in [0.2, 0.25) is 0 Å². The third-order valence-corrected chi connectivity index (χ3v) is 5.06. The third-order valence-electron chi connectivity index (χ3n) is 5.06. The van der Waals surface area contributed by atoms with Crippen molar-refractivity contribution in [3.63, 3.8) is 0 Å². The number of aliphatic hydroxyl groups is 1. The van der Waals surface area contributed by atoms with Gasteiger partial charge in [0, 0.05) is 24.9 Å². The Bertz CT molecular complexity index is 496. The van der Waals surface area contributed by atoms with E-state index in [0.29, 0.717) is 5.76 Å². The molecule has 1 aliphatic carbocycles. The van der Waals surface area contributed by atoms with E-state index < -0.39 is 0 Å². The van der Waals surface area contributed by atoms with Gasteiger partial charge >= 0.3 is 0 Å². The lowest BCUT2D eigenvalue weighted by Gasteiger charge is -2.40. The monoisotopic (exact) mass is 291 g/mol. The lowest BCUT2D eigenvalue weighted by Crippen LogP contribution is -2.49. The number of hydrogen-bond donors (Lipinski definition) is 1. The number of nitrogens with zero attached hydrogens (tertiary/aromatic N) is 1. The molecule has 116 valence electrons. The van der Waals surface area contributed by atoms with E-state index in [9.17, 15) is 9.90 Å². The molecule has 21 heavy (non-hydrogen) atoms. The lowest BCUT2D eigenvalue weighted by molar-refractivity contribution is 0.0265. The van der Waals surface area contributed by atoms with Crippen molar-refractivity contribution in [3.8, 4) is 0 Å². The molecule has 0 spiro atoms. The summed E-state index contributed by atoms with van der Waals surface area (Å²) in [7, 11) is 0. The van der Waals surface area contributed by atoms with Gasteiger partial charge in [0.2, 0.25) is 0 Å². The van der Waals surface area contributed by atoms with Crippen LogP contribution in [0.25, 0.3) is 0 Å². The van der Waals surface area contributed by atoms with Crippen LogP contribution in [0.15, 0.2) is 16.5 Å². The Hall–Kier alpha value is -1.29. The van der Waals surface area contributed by atoms with Crippen molar-refractivity contribution in [1.29, 1.82) is 0 Å². The predicted molar refractivity (Wildman–Crippen MR) is 80.1 cm³/mol. The highest BCUT2D eigenvalue weighted by Crippen LogP contribution is 2.35. The Morgan fingerprint density at radius 2 is 2.14 bits per heavy atom. The van der Waals surface area contributed by atoms with Crippen LogP contribution < -0.4 is 0 Å². The van der Waals surface area contributed by atoms with Gasteiger partial charge in [-0.3, -0.25) is 4.79 Å². The second-order valence-corrected chi connectivity index (χ2v) is 6.34. The molecule has 3 atom stereocenters. The quantitative estimate of drug-likeness (QED) is 0.931. The average molecular weight is 291 g/mol. The van der Waals surface area contributed by atoms with Crippen LogP contribution >= 0.6 is 0 Å². The molecule has 0 bridgehead atoms. The van der Waals surface area contributed by atoms with E-state index in [2.05, 4.69) is 0 Å². The Balaban J connectivity index is 1.78. The fourth-order valence-electron chi connectivity index (χ4n) is 3.90. The average Bonchev–Trinajstić information content (AvgIpc) is 3.15. The van der Waals surface area contributed by atoms with Crippen LogP contribution in [0.5, 0.6) is 0 Å². The lowest BCUT2D eigenvalue weighted by atomic mass is 9.87. The van der Waals surface area contributed by atoms with Gasteiger partial charge in [-0.1, -0.05) is 13.3 Å². The molecule has 4 heteroatoms. The molecule has 2 fully saturated rings. The first-order valence-corrected chi connectivity index (χ1v) is 8.28. The van der Waals surface area contributed by atoms with E-state index in [1.54, 1.807) is 6.07 Å². The summed E-state index contributed by atoms with van der Waals surface area (Å²) in [6.07, 6.45) is 6.75. The number of furan rings is 1. The Morgan fingerprint density at radius 1 is 1.29 bits per heavy atom. The minimum absolute atomic E-state index is 0.00139. The van der Waals surface area contributed by atoms with E-state index in [4.69, 9.17) is 4.42 Å². The molecule has 0 aromatic carbocycles. The van der Waals surface area contributed by atoms with E-state index in [1.807, 2.05) is 17.9 Å². The number of hydrogen-bond acceptors (Lipinski definition) is 3. The van der Waals surface area contributed by atoms with E-state index in [0.717, 1.165) is 57.3 Å². The first kappa shape index (κ1) is 14.6. The van der Waals surface area contributed by atoms with E-state index in [-0.39, 0.29) is 24.0 Å². The van der Waals surface area contributed by atoms with Crippen molar-refractivity contribution in [3.05, 3.63) is 23.7 Å². The van der Waals surface area contributed by atoms with E-state index in [1.165, 1.54) is 0 Å². The predicted octanol–water partition coefficient (Wildman–Crippen LogP) is 3.00. The van der Waals surface area contributed by atoms with Gasteiger partial charge in [-0.05, 0) is 44.2 Å². The minimum Gasteiger partial charge on any atom is -0.456 e. The number of rotatable bonds is 3. The second-order valence-electron chi connectivity index (χ2n) is 6.34. The Labute approximate surface area is 126 Å². The molecule has 2 heterocycles. The summed E-state index contributed by atoms with van der Waals surface area (Å²) >= 11 is 0. The molecule has 1 aromatic rings. The Kier molecular flexibility index (Phi) is 4.34. The van der Waals surface area contributed by atoms with Gasteiger partial charge in [-0.2, -0.15) is 0 Å². The fraction of sp³-hybridized carbons (Fsp3) is 0.706. The number of amides is 1. The van der Waals surface area contributed by atoms with Crippen molar-refractivity contribution in [1.82, 2.24) is 4.90 Å². The molecule has 1 aliphatic heterocycles. The summed E-state index contributed by atoms with van der Waals surface area (Å²) in [4.78, 5) is 14.7. The molecule has 4 nitrogen and oxygen atoms in total. The van der Waals surface area contributed by atoms with Crippen molar-refractivity contribution < 1.29 is 14.3 Å². The summed E-state index contributed by atoms with van der Waals surface area (Å²) in [6.45, 7) is 2.81. The van der Waals surface area contributed by atoms with E-state index >= 15 is 0 Å². The zero-order valence-electron chi connectivity index (χ0n) is 12.8. The van der Waals surface area contributed by atoms with Gasteiger partial charge in [0.15, 0.2) is 5.76 Å².